The van der Waals surface area contributed by atoms with Gasteiger partial charge in [0, 0.05) is 12.2 Å². The molecule has 0 spiro atoms. The normalized spacial score (nSPS) is 13.1. The van der Waals surface area contributed by atoms with Gasteiger partial charge in [0.15, 0.2) is 0 Å². The van der Waals surface area contributed by atoms with Gasteiger partial charge in [0.05, 0.1) is 0 Å². The van der Waals surface area contributed by atoms with Crippen molar-refractivity contribution in [2.24, 2.45) is 0 Å². The molecule has 1 nitrogen and oxygen atoms in total. The van der Waals surface area contributed by atoms with Crippen molar-refractivity contribution in [3.8, 4) is 0 Å². The lowest BCUT2D eigenvalue weighted by atomic mass is 10.0. The first-order chi connectivity index (χ1) is 8.76. The molecule has 0 aliphatic heterocycles. The first kappa shape index (κ1) is 14.5. The monoisotopic (exact) mass is 247 g/mol. The van der Waals surface area contributed by atoms with Crippen LogP contribution in [0.3, 0.4) is 0 Å². The summed E-state index contributed by atoms with van der Waals surface area (Å²) in [6.45, 7) is 5.57. The highest BCUT2D eigenvalue weighted by molar-refractivity contribution is 5.16. The van der Waals surface area contributed by atoms with E-state index in [1.165, 1.54) is 17.8 Å². The van der Waals surface area contributed by atoms with Gasteiger partial charge in [-0.05, 0) is 24.5 Å². The Balaban J connectivity index is 2.57. The quantitative estimate of drug-likeness (QED) is 0.672. The van der Waals surface area contributed by atoms with Gasteiger partial charge in [-0.15, -0.1) is 0 Å². The van der Waals surface area contributed by atoms with Crippen LogP contribution in [-0.2, 0) is 6.42 Å². The fourth-order valence-electron chi connectivity index (χ4n) is 1.85. The second-order valence-corrected chi connectivity index (χ2v) is 4.43. The van der Waals surface area contributed by atoms with E-state index in [9.17, 15) is 4.39 Å². The zero-order valence-electron chi connectivity index (χ0n) is 11.0. The van der Waals surface area contributed by atoms with Crippen LogP contribution in [0, 0.1) is 0 Å². The average molecular weight is 247 g/mol. The molecule has 0 saturated heterocycles. The number of allylic oxidation sites excluding steroid dienone is 2. The number of unbranched alkanes of at least 4 members (excludes halogenated alkanes) is 1. The highest BCUT2D eigenvalue weighted by atomic mass is 19.1. The van der Waals surface area contributed by atoms with Crippen molar-refractivity contribution in [2.45, 2.75) is 38.6 Å². The number of benzene rings is 1. The molecule has 0 bridgehead atoms. The summed E-state index contributed by atoms with van der Waals surface area (Å²) in [7, 11) is 0. The second-order valence-electron chi connectivity index (χ2n) is 4.43. The molecule has 1 aromatic carbocycles. The predicted octanol–water partition coefficient (Wildman–Crippen LogP) is 4.37. The molecule has 1 atom stereocenters. The molecule has 1 aromatic rings. The lowest BCUT2D eigenvalue weighted by molar-refractivity contribution is 0.507. The zero-order valence-corrected chi connectivity index (χ0v) is 11.0. The van der Waals surface area contributed by atoms with Crippen molar-refractivity contribution in [1.82, 2.24) is 5.32 Å². The Morgan fingerprint density at radius 2 is 2.11 bits per heavy atom. The molecule has 1 rings (SSSR count). The topological polar surface area (TPSA) is 12.0 Å². The van der Waals surface area contributed by atoms with Crippen LogP contribution in [0.4, 0.5) is 4.39 Å². The van der Waals surface area contributed by atoms with Crippen LogP contribution in [0.5, 0.6) is 0 Å². The molecule has 1 N–H and O–H groups in total. The molecule has 18 heavy (non-hydrogen) atoms. The lowest BCUT2D eigenvalue weighted by Gasteiger charge is -2.17. The molecular formula is C16H22FN. The van der Waals surface area contributed by atoms with E-state index in [2.05, 4.69) is 31.0 Å². The van der Waals surface area contributed by atoms with Crippen LogP contribution in [0.15, 0.2) is 55.0 Å². The third-order valence-corrected chi connectivity index (χ3v) is 2.88. The van der Waals surface area contributed by atoms with Crippen LogP contribution in [0.25, 0.3) is 0 Å². The highest BCUT2D eigenvalue weighted by Crippen LogP contribution is 2.09. The van der Waals surface area contributed by atoms with Crippen molar-refractivity contribution in [3.63, 3.8) is 0 Å². The maximum atomic E-state index is 13.0. The van der Waals surface area contributed by atoms with E-state index in [1.807, 2.05) is 18.2 Å². The van der Waals surface area contributed by atoms with Gasteiger partial charge in [-0.1, -0.05) is 56.7 Å². The fraction of sp³-hybridized carbons (Fsp3) is 0.375. The summed E-state index contributed by atoms with van der Waals surface area (Å²) in [5.74, 6) is -0.315. The first-order valence-corrected chi connectivity index (χ1v) is 6.54. The highest BCUT2D eigenvalue weighted by Gasteiger charge is 2.07. The third kappa shape index (κ3) is 5.67. The minimum atomic E-state index is -0.315. The van der Waals surface area contributed by atoms with E-state index in [1.54, 1.807) is 0 Å². The molecule has 2 heteroatoms. The minimum Gasteiger partial charge on any atom is -0.385 e. The summed E-state index contributed by atoms with van der Waals surface area (Å²) < 4.78 is 13.0. The molecule has 0 aromatic heterocycles. The Kier molecular flexibility index (Phi) is 6.85. The number of nitrogens with one attached hydrogen (secondary N) is 1. The van der Waals surface area contributed by atoms with Crippen LogP contribution >= 0.6 is 0 Å². The van der Waals surface area contributed by atoms with Crippen molar-refractivity contribution in [1.29, 1.82) is 0 Å². The number of halogens is 1. The molecule has 0 radical (unpaired) electrons. The SMILES string of the molecule is C=C/C(F)=C\NC(CCCC)Cc1ccccc1. The zero-order chi connectivity index (χ0) is 13.2. The van der Waals surface area contributed by atoms with Gasteiger partial charge in [-0.3, -0.25) is 0 Å². The number of rotatable bonds is 8. The molecule has 0 aliphatic rings. The smallest absolute Gasteiger partial charge is 0.138 e. The summed E-state index contributed by atoms with van der Waals surface area (Å²) in [6, 6.07) is 10.6. The van der Waals surface area contributed by atoms with Gasteiger partial charge in [0.2, 0.25) is 0 Å². The largest absolute Gasteiger partial charge is 0.385 e. The number of hydrogen-bond acceptors (Lipinski definition) is 1. The van der Waals surface area contributed by atoms with Gasteiger partial charge >= 0.3 is 0 Å². The van der Waals surface area contributed by atoms with Gasteiger partial charge in [0.1, 0.15) is 5.83 Å². The van der Waals surface area contributed by atoms with Gasteiger partial charge < -0.3 is 5.32 Å². The minimum absolute atomic E-state index is 0.276. The van der Waals surface area contributed by atoms with Crippen LogP contribution < -0.4 is 5.32 Å². The van der Waals surface area contributed by atoms with Crippen molar-refractivity contribution in [3.05, 3.63) is 60.6 Å². The molecular weight excluding hydrogens is 225 g/mol. The second kappa shape index (κ2) is 8.51. The summed E-state index contributed by atoms with van der Waals surface area (Å²) in [6.07, 6.45) is 6.89. The van der Waals surface area contributed by atoms with Gasteiger partial charge in [0.25, 0.3) is 0 Å². The van der Waals surface area contributed by atoms with E-state index in [-0.39, 0.29) is 11.9 Å². The first-order valence-electron chi connectivity index (χ1n) is 6.54. The maximum absolute atomic E-state index is 13.0. The summed E-state index contributed by atoms with van der Waals surface area (Å²) in [5.41, 5.74) is 1.28. The average Bonchev–Trinajstić information content (AvgIpc) is 2.42. The van der Waals surface area contributed by atoms with Crippen LogP contribution in [0.1, 0.15) is 31.7 Å². The van der Waals surface area contributed by atoms with Gasteiger partial charge in [-0.25, -0.2) is 4.39 Å². The van der Waals surface area contributed by atoms with E-state index in [0.29, 0.717) is 0 Å². The summed E-state index contributed by atoms with van der Waals surface area (Å²) in [5, 5.41) is 3.15. The Morgan fingerprint density at radius 1 is 1.39 bits per heavy atom. The van der Waals surface area contributed by atoms with Crippen molar-refractivity contribution >= 4 is 0 Å². The van der Waals surface area contributed by atoms with Crippen LogP contribution in [-0.4, -0.2) is 6.04 Å². The molecule has 0 fully saturated rings. The Hall–Kier alpha value is -1.57. The molecule has 0 amide bonds. The fourth-order valence-corrected chi connectivity index (χ4v) is 1.85. The molecule has 1 unspecified atom stereocenters. The Labute approximate surface area is 109 Å². The van der Waals surface area contributed by atoms with E-state index in [0.717, 1.165) is 25.7 Å². The Bertz CT molecular complexity index is 370. The third-order valence-electron chi connectivity index (χ3n) is 2.88. The van der Waals surface area contributed by atoms with E-state index >= 15 is 0 Å². The number of hydrogen-bond donors (Lipinski definition) is 1. The predicted molar refractivity (Wildman–Crippen MR) is 76.0 cm³/mol. The summed E-state index contributed by atoms with van der Waals surface area (Å²) >= 11 is 0. The molecule has 0 heterocycles. The van der Waals surface area contributed by atoms with Crippen LogP contribution in [0.2, 0.25) is 0 Å². The molecule has 98 valence electrons. The van der Waals surface area contributed by atoms with E-state index in [4.69, 9.17) is 0 Å². The van der Waals surface area contributed by atoms with Crippen molar-refractivity contribution < 1.29 is 4.39 Å². The molecule has 0 saturated carbocycles. The molecule has 0 aliphatic carbocycles. The van der Waals surface area contributed by atoms with Crippen molar-refractivity contribution in [2.75, 3.05) is 0 Å². The summed E-state index contributed by atoms with van der Waals surface area (Å²) in [4.78, 5) is 0. The lowest BCUT2D eigenvalue weighted by Crippen LogP contribution is -2.27. The van der Waals surface area contributed by atoms with Gasteiger partial charge in [-0.2, -0.15) is 0 Å². The van der Waals surface area contributed by atoms with E-state index < -0.39 is 0 Å². The standard InChI is InChI=1S/C16H22FN/c1-3-5-11-16(18-13-15(17)4-2)12-14-9-7-6-8-10-14/h4,6-10,13,16,18H,2-3,5,11-12H2,1H3/b15-13+. The maximum Gasteiger partial charge on any atom is 0.138 e. The Morgan fingerprint density at radius 3 is 2.72 bits per heavy atom.